The lowest BCUT2D eigenvalue weighted by molar-refractivity contribution is 0.0526. The summed E-state index contributed by atoms with van der Waals surface area (Å²) >= 11 is 3.36. The van der Waals surface area contributed by atoms with Gasteiger partial charge in [-0.3, -0.25) is 4.98 Å². The Balaban J connectivity index is 2.91. The van der Waals surface area contributed by atoms with Crippen LogP contribution in [0.25, 0.3) is 0 Å². The maximum atomic E-state index is 11.3. The molecule has 0 aliphatic rings. The van der Waals surface area contributed by atoms with Crippen molar-refractivity contribution in [1.29, 1.82) is 0 Å². The monoisotopic (exact) mass is 257 g/mol. The molecule has 0 saturated carbocycles. The van der Waals surface area contributed by atoms with Crippen molar-refractivity contribution in [2.45, 2.75) is 20.3 Å². The van der Waals surface area contributed by atoms with Crippen LogP contribution in [0.3, 0.4) is 0 Å². The summed E-state index contributed by atoms with van der Waals surface area (Å²) in [5.41, 5.74) is 1.42. The number of aromatic nitrogens is 1. The molecule has 1 aromatic rings. The number of hydrogen-bond acceptors (Lipinski definition) is 3. The first-order chi connectivity index (χ1) is 6.69. The standard InChI is InChI=1S/C10H12BrNO2/c1-3-9-8(11)5-7(6-12-9)10(13)14-4-2/h5-6H,3-4H2,1-2H3. The third kappa shape index (κ3) is 2.54. The van der Waals surface area contributed by atoms with Gasteiger partial charge < -0.3 is 4.74 Å². The van der Waals surface area contributed by atoms with Crippen molar-refractivity contribution in [3.8, 4) is 0 Å². The van der Waals surface area contributed by atoms with E-state index < -0.39 is 0 Å². The molecule has 0 radical (unpaired) electrons. The van der Waals surface area contributed by atoms with Gasteiger partial charge in [0.2, 0.25) is 0 Å². The number of hydrogen-bond donors (Lipinski definition) is 0. The third-order valence-electron chi connectivity index (χ3n) is 1.76. The normalized spacial score (nSPS) is 9.93. The van der Waals surface area contributed by atoms with E-state index in [0.29, 0.717) is 12.2 Å². The lowest BCUT2D eigenvalue weighted by Crippen LogP contribution is -2.06. The first-order valence-electron chi connectivity index (χ1n) is 4.50. The lowest BCUT2D eigenvalue weighted by atomic mass is 10.2. The van der Waals surface area contributed by atoms with Gasteiger partial charge in [-0.15, -0.1) is 0 Å². The van der Waals surface area contributed by atoms with E-state index in [1.807, 2.05) is 6.92 Å². The predicted octanol–water partition coefficient (Wildman–Crippen LogP) is 2.58. The summed E-state index contributed by atoms with van der Waals surface area (Å²) in [6, 6.07) is 1.74. The van der Waals surface area contributed by atoms with E-state index in [0.717, 1.165) is 16.6 Å². The van der Waals surface area contributed by atoms with Crippen molar-refractivity contribution in [2.75, 3.05) is 6.61 Å². The van der Waals surface area contributed by atoms with Crippen LogP contribution in [0.1, 0.15) is 29.9 Å². The molecule has 3 nitrogen and oxygen atoms in total. The molecule has 4 heteroatoms. The summed E-state index contributed by atoms with van der Waals surface area (Å²) in [7, 11) is 0. The minimum Gasteiger partial charge on any atom is -0.462 e. The first kappa shape index (κ1) is 11.2. The average molecular weight is 258 g/mol. The minimum absolute atomic E-state index is 0.330. The second-order valence-electron chi connectivity index (χ2n) is 2.73. The third-order valence-corrected chi connectivity index (χ3v) is 2.45. The number of esters is 1. The van der Waals surface area contributed by atoms with Gasteiger partial charge in [0.05, 0.1) is 17.9 Å². The molecule has 0 aromatic carbocycles. The quantitative estimate of drug-likeness (QED) is 0.782. The van der Waals surface area contributed by atoms with Gasteiger partial charge in [-0.2, -0.15) is 0 Å². The summed E-state index contributed by atoms with van der Waals surface area (Å²) in [4.78, 5) is 15.5. The van der Waals surface area contributed by atoms with Gasteiger partial charge in [0, 0.05) is 10.7 Å². The van der Waals surface area contributed by atoms with Crippen LogP contribution in [0.5, 0.6) is 0 Å². The first-order valence-corrected chi connectivity index (χ1v) is 5.29. The largest absolute Gasteiger partial charge is 0.462 e. The Kier molecular flexibility index (Phi) is 4.07. The summed E-state index contributed by atoms with van der Waals surface area (Å²) in [6.07, 6.45) is 2.38. The van der Waals surface area contributed by atoms with Crippen LogP contribution in [0.2, 0.25) is 0 Å². The molecule has 76 valence electrons. The zero-order chi connectivity index (χ0) is 10.6. The molecule has 1 aromatic heterocycles. The molecule has 0 bridgehead atoms. The van der Waals surface area contributed by atoms with E-state index in [-0.39, 0.29) is 5.97 Å². The predicted molar refractivity (Wildman–Crippen MR) is 57.3 cm³/mol. The Morgan fingerprint density at radius 2 is 2.29 bits per heavy atom. The van der Waals surface area contributed by atoms with Crippen molar-refractivity contribution >= 4 is 21.9 Å². The highest BCUT2D eigenvalue weighted by molar-refractivity contribution is 9.10. The van der Waals surface area contributed by atoms with E-state index in [2.05, 4.69) is 20.9 Å². The molecule has 14 heavy (non-hydrogen) atoms. The minimum atomic E-state index is -0.330. The van der Waals surface area contributed by atoms with Crippen molar-refractivity contribution in [3.63, 3.8) is 0 Å². The van der Waals surface area contributed by atoms with Crippen LogP contribution in [0.15, 0.2) is 16.7 Å². The van der Waals surface area contributed by atoms with E-state index in [4.69, 9.17) is 4.74 Å². The van der Waals surface area contributed by atoms with Crippen LogP contribution < -0.4 is 0 Å². The van der Waals surface area contributed by atoms with E-state index in [9.17, 15) is 4.79 Å². The fourth-order valence-electron chi connectivity index (χ4n) is 1.05. The molecule has 0 saturated heterocycles. The van der Waals surface area contributed by atoms with Crippen molar-refractivity contribution < 1.29 is 9.53 Å². The number of carbonyl (C=O) groups is 1. The Hall–Kier alpha value is -0.900. The molecule has 0 aliphatic heterocycles. The Morgan fingerprint density at radius 1 is 1.57 bits per heavy atom. The van der Waals surface area contributed by atoms with E-state index >= 15 is 0 Å². The highest BCUT2D eigenvalue weighted by Gasteiger charge is 2.09. The molecule has 0 unspecified atom stereocenters. The van der Waals surface area contributed by atoms with Crippen LogP contribution in [-0.2, 0) is 11.2 Å². The zero-order valence-corrected chi connectivity index (χ0v) is 9.80. The van der Waals surface area contributed by atoms with E-state index in [1.165, 1.54) is 0 Å². The number of ether oxygens (including phenoxy) is 1. The summed E-state index contributed by atoms with van der Waals surface area (Å²) < 4.78 is 5.71. The molecule has 0 atom stereocenters. The number of halogens is 1. The molecule has 0 N–H and O–H groups in total. The second-order valence-corrected chi connectivity index (χ2v) is 3.58. The fraction of sp³-hybridized carbons (Fsp3) is 0.400. The number of carbonyl (C=O) groups excluding carboxylic acids is 1. The molecular weight excluding hydrogens is 246 g/mol. The molecule has 0 spiro atoms. The molecule has 0 aliphatic carbocycles. The molecule has 1 rings (SSSR count). The Labute approximate surface area is 91.6 Å². The molecular formula is C10H12BrNO2. The Morgan fingerprint density at radius 3 is 2.79 bits per heavy atom. The summed E-state index contributed by atoms with van der Waals surface area (Å²) in [6.45, 7) is 4.17. The maximum absolute atomic E-state index is 11.3. The van der Waals surface area contributed by atoms with Gasteiger partial charge in [0.25, 0.3) is 0 Å². The van der Waals surface area contributed by atoms with E-state index in [1.54, 1.807) is 19.2 Å². The van der Waals surface area contributed by atoms with Crippen LogP contribution >= 0.6 is 15.9 Å². The number of rotatable bonds is 3. The number of pyridine rings is 1. The van der Waals surface area contributed by atoms with Crippen LogP contribution in [0.4, 0.5) is 0 Å². The topological polar surface area (TPSA) is 39.2 Å². The number of nitrogens with zero attached hydrogens (tertiary/aromatic N) is 1. The summed E-state index contributed by atoms with van der Waals surface area (Å²) in [5, 5.41) is 0. The van der Waals surface area contributed by atoms with Gasteiger partial charge in [0.1, 0.15) is 0 Å². The molecule has 0 fully saturated rings. The van der Waals surface area contributed by atoms with Gasteiger partial charge >= 0.3 is 5.97 Å². The van der Waals surface area contributed by atoms with Gasteiger partial charge in [0.15, 0.2) is 0 Å². The van der Waals surface area contributed by atoms with Gasteiger partial charge in [-0.05, 0) is 35.3 Å². The van der Waals surface area contributed by atoms with Crippen LogP contribution in [-0.4, -0.2) is 17.6 Å². The fourth-order valence-corrected chi connectivity index (χ4v) is 1.68. The van der Waals surface area contributed by atoms with Gasteiger partial charge in [-0.1, -0.05) is 6.92 Å². The van der Waals surface area contributed by atoms with Gasteiger partial charge in [-0.25, -0.2) is 4.79 Å². The highest BCUT2D eigenvalue weighted by Crippen LogP contribution is 2.16. The van der Waals surface area contributed by atoms with Crippen molar-refractivity contribution in [3.05, 3.63) is 28.0 Å². The van der Waals surface area contributed by atoms with Crippen LogP contribution in [0, 0.1) is 0 Å². The SMILES string of the molecule is CCOC(=O)c1cnc(CC)c(Br)c1. The summed E-state index contributed by atoms with van der Waals surface area (Å²) in [5.74, 6) is -0.330. The highest BCUT2D eigenvalue weighted by atomic mass is 79.9. The average Bonchev–Trinajstić information content (AvgIpc) is 2.18. The van der Waals surface area contributed by atoms with Crippen molar-refractivity contribution in [2.24, 2.45) is 0 Å². The smallest absolute Gasteiger partial charge is 0.339 e. The molecule has 0 amide bonds. The van der Waals surface area contributed by atoms with Crippen molar-refractivity contribution in [1.82, 2.24) is 4.98 Å². The molecule has 1 heterocycles. The second kappa shape index (κ2) is 5.10. The number of aryl methyl sites for hydroxylation is 1. The Bertz CT molecular complexity index is 339. The lowest BCUT2D eigenvalue weighted by Gasteiger charge is -2.04. The maximum Gasteiger partial charge on any atom is 0.339 e. The zero-order valence-electron chi connectivity index (χ0n) is 8.21.